The zero-order valence-corrected chi connectivity index (χ0v) is 19.4. The van der Waals surface area contributed by atoms with Gasteiger partial charge in [0.15, 0.2) is 5.58 Å². The Morgan fingerprint density at radius 1 is 1.22 bits per heavy atom. The average Bonchev–Trinajstić information content (AvgIpc) is 3.38. The van der Waals surface area contributed by atoms with E-state index >= 15 is 0 Å². The lowest BCUT2D eigenvalue weighted by Gasteiger charge is -2.31. The molecule has 2 fully saturated rings. The van der Waals surface area contributed by atoms with Crippen molar-refractivity contribution in [3.8, 4) is 0 Å². The van der Waals surface area contributed by atoms with Crippen LogP contribution < -0.4 is 11.1 Å². The van der Waals surface area contributed by atoms with Crippen molar-refractivity contribution < 1.29 is 22.4 Å². The molecule has 32 heavy (non-hydrogen) atoms. The molecule has 0 aliphatic carbocycles. The fraction of sp³-hybridized carbons (Fsp3) is 0.636. The summed E-state index contributed by atoms with van der Waals surface area (Å²) in [7, 11) is -3.71. The van der Waals surface area contributed by atoms with Crippen molar-refractivity contribution in [2.24, 2.45) is 5.92 Å². The Balaban J connectivity index is 1.36. The largest absolute Gasteiger partial charge is 0.420 e. The molecule has 2 aromatic rings. The number of piperidine rings is 1. The van der Waals surface area contributed by atoms with Crippen molar-refractivity contribution in [3.63, 3.8) is 0 Å². The van der Waals surface area contributed by atoms with Crippen molar-refractivity contribution >= 4 is 27.0 Å². The van der Waals surface area contributed by atoms with E-state index in [9.17, 15) is 18.0 Å². The molecule has 2 aliphatic rings. The average molecular weight is 466 g/mol. The fourth-order valence-corrected chi connectivity index (χ4v) is 6.02. The maximum atomic E-state index is 13.1. The Kier molecular flexibility index (Phi) is 6.73. The molecule has 0 saturated carbocycles. The van der Waals surface area contributed by atoms with Gasteiger partial charge < -0.3 is 14.5 Å². The van der Waals surface area contributed by atoms with Gasteiger partial charge in [-0.2, -0.15) is 4.31 Å². The molecule has 0 bridgehead atoms. The molecule has 10 heteroatoms. The van der Waals surface area contributed by atoms with Crippen molar-refractivity contribution in [3.05, 3.63) is 28.7 Å². The van der Waals surface area contributed by atoms with Crippen LogP contribution >= 0.6 is 0 Å². The Labute approximate surface area is 187 Å². The number of ether oxygens (including phenoxy) is 1. The number of benzene rings is 1. The molecule has 1 aromatic heterocycles. The molecule has 2 saturated heterocycles. The summed E-state index contributed by atoms with van der Waals surface area (Å²) in [4.78, 5) is 24.4. The third-order valence-corrected chi connectivity index (χ3v) is 8.23. The van der Waals surface area contributed by atoms with Crippen LogP contribution in [0.3, 0.4) is 0 Å². The van der Waals surface area contributed by atoms with Gasteiger partial charge in [-0.05, 0) is 57.6 Å². The molecule has 2 aliphatic heterocycles. The van der Waals surface area contributed by atoms with E-state index in [1.165, 1.54) is 21.0 Å². The second-order valence-electron chi connectivity index (χ2n) is 8.95. The molecule has 1 unspecified atom stereocenters. The zero-order chi connectivity index (χ0) is 22.9. The van der Waals surface area contributed by atoms with Gasteiger partial charge in [-0.3, -0.25) is 9.36 Å². The van der Waals surface area contributed by atoms with E-state index in [1.807, 2.05) is 13.8 Å². The minimum atomic E-state index is -3.71. The number of hydrogen-bond acceptors (Lipinski definition) is 6. The molecule has 9 nitrogen and oxygen atoms in total. The predicted molar refractivity (Wildman–Crippen MR) is 119 cm³/mol. The van der Waals surface area contributed by atoms with Crippen molar-refractivity contribution in [2.45, 2.75) is 63.0 Å². The van der Waals surface area contributed by atoms with E-state index in [1.54, 1.807) is 6.07 Å². The van der Waals surface area contributed by atoms with Gasteiger partial charge >= 0.3 is 5.76 Å². The summed E-state index contributed by atoms with van der Waals surface area (Å²) in [5.74, 6) is -0.341. The van der Waals surface area contributed by atoms with Crippen molar-refractivity contribution in [1.29, 1.82) is 0 Å². The summed E-state index contributed by atoms with van der Waals surface area (Å²) in [5.41, 5.74) is 0.847. The van der Waals surface area contributed by atoms with Crippen LogP contribution in [-0.4, -0.2) is 55.5 Å². The van der Waals surface area contributed by atoms with Crippen LogP contribution in [0.15, 0.2) is 32.3 Å². The third-order valence-electron chi connectivity index (χ3n) is 6.34. The molecular formula is C22H31N3O6S. The van der Waals surface area contributed by atoms with Gasteiger partial charge in [0.2, 0.25) is 15.9 Å². The molecule has 0 spiro atoms. The molecule has 4 rings (SSSR count). The van der Waals surface area contributed by atoms with Gasteiger partial charge in [0.1, 0.15) is 0 Å². The summed E-state index contributed by atoms with van der Waals surface area (Å²) in [6, 6.07) is 4.48. The highest BCUT2D eigenvalue weighted by atomic mass is 32.2. The molecule has 1 aromatic carbocycles. The van der Waals surface area contributed by atoms with Gasteiger partial charge in [-0.15, -0.1) is 0 Å². The van der Waals surface area contributed by atoms with Crippen LogP contribution in [0, 0.1) is 5.92 Å². The number of carbonyl (C=O) groups is 1. The number of amides is 1. The molecule has 176 valence electrons. The number of nitrogens with one attached hydrogen (secondary N) is 1. The number of oxazole rings is 1. The van der Waals surface area contributed by atoms with Gasteiger partial charge in [0.05, 0.1) is 16.5 Å². The van der Waals surface area contributed by atoms with Crippen molar-refractivity contribution in [2.75, 3.05) is 26.2 Å². The quantitative estimate of drug-likeness (QED) is 0.672. The van der Waals surface area contributed by atoms with Crippen LogP contribution in [0.4, 0.5) is 0 Å². The summed E-state index contributed by atoms with van der Waals surface area (Å²) >= 11 is 0. The summed E-state index contributed by atoms with van der Waals surface area (Å²) in [6.45, 7) is 5.77. The SMILES string of the molecule is CC(C)n1c(=O)oc2cc(S(=O)(=O)N3CCC(CC(=O)NCC4CCCO4)CC3)ccc21. The molecule has 1 atom stereocenters. The number of nitrogens with zero attached hydrogens (tertiary/aromatic N) is 2. The Morgan fingerprint density at radius 2 is 1.97 bits per heavy atom. The molecule has 0 radical (unpaired) electrons. The van der Waals surface area contributed by atoms with Crippen LogP contribution in [0.1, 0.15) is 52.0 Å². The topological polar surface area (TPSA) is 111 Å². The highest BCUT2D eigenvalue weighted by Gasteiger charge is 2.31. The van der Waals surface area contributed by atoms with E-state index in [-0.39, 0.29) is 34.4 Å². The van der Waals surface area contributed by atoms with E-state index < -0.39 is 15.8 Å². The van der Waals surface area contributed by atoms with Gasteiger partial charge in [0.25, 0.3) is 0 Å². The number of fused-ring (bicyclic) bond motifs is 1. The summed E-state index contributed by atoms with van der Waals surface area (Å²) < 4.78 is 40.0. The first kappa shape index (κ1) is 23.0. The Bertz CT molecular complexity index is 1120. The molecule has 1 N–H and O–H groups in total. The number of hydrogen-bond donors (Lipinski definition) is 1. The van der Waals surface area contributed by atoms with Gasteiger partial charge in [0, 0.05) is 44.8 Å². The first-order chi connectivity index (χ1) is 15.3. The highest BCUT2D eigenvalue weighted by Crippen LogP contribution is 2.28. The van der Waals surface area contributed by atoms with E-state index in [0.717, 1.165) is 19.4 Å². The minimum Gasteiger partial charge on any atom is -0.408 e. The lowest BCUT2D eigenvalue weighted by molar-refractivity contribution is -0.122. The number of carbonyl (C=O) groups excluding carboxylic acids is 1. The monoisotopic (exact) mass is 465 g/mol. The lowest BCUT2D eigenvalue weighted by atomic mass is 9.94. The first-order valence-electron chi connectivity index (χ1n) is 11.3. The normalized spacial score (nSPS) is 20.9. The van der Waals surface area contributed by atoms with Gasteiger partial charge in [-0.25, -0.2) is 13.2 Å². The fourth-order valence-electron chi connectivity index (χ4n) is 4.54. The first-order valence-corrected chi connectivity index (χ1v) is 12.7. The summed E-state index contributed by atoms with van der Waals surface area (Å²) in [5, 5.41) is 2.94. The minimum absolute atomic E-state index is 0.00282. The highest BCUT2D eigenvalue weighted by molar-refractivity contribution is 7.89. The molecule has 3 heterocycles. The van der Waals surface area contributed by atoms with E-state index in [0.29, 0.717) is 44.4 Å². The Morgan fingerprint density at radius 3 is 2.62 bits per heavy atom. The smallest absolute Gasteiger partial charge is 0.408 e. The number of sulfonamides is 1. The zero-order valence-electron chi connectivity index (χ0n) is 18.6. The van der Waals surface area contributed by atoms with Crippen LogP contribution in [0.2, 0.25) is 0 Å². The summed E-state index contributed by atoms with van der Waals surface area (Å²) in [6.07, 6.45) is 3.80. The van der Waals surface area contributed by atoms with Crippen molar-refractivity contribution in [1.82, 2.24) is 14.2 Å². The third kappa shape index (κ3) is 4.77. The standard InChI is InChI=1S/C22H31N3O6S/c1-15(2)25-19-6-5-18(13-20(19)31-22(25)27)32(28,29)24-9-7-16(8-10-24)12-21(26)23-14-17-4-3-11-30-17/h5-6,13,15-17H,3-4,7-12,14H2,1-2H3,(H,23,26). The lowest BCUT2D eigenvalue weighted by Crippen LogP contribution is -2.40. The second kappa shape index (κ2) is 9.36. The second-order valence-corrected chi connectivity index (χ2v) is 10.9. The van der Waals surface area contributed by atoms with E-state index in [4.69, 9.17) is 9.15 Å². The predicted octanol–water partition coefficient (Wildman–Crippen LogP) is 2.26. The molecule has 1 amide bonds. The maximum Gasteiger partial charge on any atom is 0.420 e. The molecular weight excluding hydrogens is 434 g/mol. The maximum absolute atomic E-state index is 13.1. The van der Waals surface area contributed by atoms with E-state index in [2.05, 4.69) is 5.32 Å². The van der Waals surface area contributed by atoms with Crippen LogP contribution in [0.25, 0.3) is 11.1 Å². The van der Waals surface area contributed by atoms with Crippen LogP contribution in [0.5, 0.6) is 0 Å². The number of aromatic nitrogens is 1. The number of rotatable bonds is 7. The van der Waals surface area contributed by atoms with Gasteiger partial charge in [-0.1, -0.05) is 0 Å². The Hall–Kier alpha value is -2.17. The van der Waals surface area contributed by atoms with Crippen LogP contribution in [-0.2, 0) is 19.6 Å².